The summed E-state index contributed by atoms with van der Waals surface area (Å²) in [6, 6.07) is 56.8. The van der Waals surface area contributed by atoms with E-state index < -0.39 is 35.9 Å². The van der Waals surface area contributed by atoms with Crippen LogP contribution < -0.4 is 18.9 Å². The maximum absolute atomic E-state index is 14.4. The quantitative estimate of drug-likeness (QED) is 0.0814. The predicted octanol–water partition coefficient (Wildman–Crippen LogP) is 5.45. The Morgan fingerprint density at radius 1 is 0.529 bits per heavy atom. The van der Waals surface area contributed by atoms with Crippen LogP contribution in [0, 0.1) is 0 Å². The normalized spacial score (nSPS) is 23.3. The minimum Gasteiger partial charge on any atom is -0.870 e. The molecule has 6 atom stereocenters. The number of amides is 4. The van der Waals surface area contributed by atoms with E-state index in [9.17, 15) is 33.9 Å². The molecule has 6 fully saturated rings. The summed E-state index contributed by atoms with van der Waals surface area (Å²) in [6.45, 7) is 5.32. The zero-order valence-electron chi connectivity index (χ0n) is 48.9. The number of carbonyl (C=O) groups is 6. The Kier molecular flexibility index (Phi) is 22.8. The van der Waals surface area contributed by atoms with E-state index in [2.05, 4.69) is 9.80 Å². The Labute approximate surface area is 521 Å². The Morgan fingerprint density at radius 3 is 1.18 bits per heavy atom. The maximum Gasteiger partial charge on any atom is 1.00 e. The van der Waals surface area contributed by atoms with Gasteiger partial charge in [-0.15, -0.1) is 0 Å². The molecule has 0 bridgehead atoms. The Balaban J connectivity index is 0.000000238. The van der Waals surface area contributed by atoms with Crippen molar-refractivity contribution < 1.29 is 77.9 Å². The van der Waals surface area contributed by atoms with E-state index in [1.165, 1.54) is 7.11 Å². The molecule has 4 amide bonds. The molecule has 0 aliphatic carbocycles. The van der Waals surface area contributed by atoms with Gasteiger partial charge in [0.1, 0.15) is 12.1 Å². The number of hydrogen-bond donors (Lipinski definition) is 1. The van der Waals surface area contributed by atoms with Crippen LogP contribution in [0.2, 0.25) is 0 Å². The third kappa shape index (κ3) is 14.3. The minimum atomic E-state index is -0.985. The van der Waals surface area contributed by atoms with Crippen LogP contribution >= 0.6 is 0 Å². The summed E-state index contributed by atoms with van der Waals surface area (Å²) < 4.78 is 16.1. The molecule has 87 heavy (non-hydrogen) atoms. The summed E-state index contributed by atoms with van der Waals surface area (Å²) in [7, 11) is 1.38. The zero-order chi connectivity index (χ0) is 57.5. The fourth-order valence-electron chi connectivity index (χ4n) is 13.8. The number of rotatable bonds is 14. The largest absolute Gasteiger partial charge is 1.00 e. The number of methoxy groups -OCH3 is 1. The van der Waals surface area contributed by atoms with Gasteiger partial charge in [-0.1, -0.05) is 189 Å². The van der Waals surface area contributed by atoms with E-state index in [1.54, 1.807) is 9.80 Å². The van der Waals surface area contributed by atoms with E-state index in [-0.39, 0.29) is 84.4 Å². The van der Waals surface area contributed by atoms with Crippen molar-refractivity contribution in [3.8, 4) is 0 Å². The van der Waals surface area contributed by atoms with Gasteiger partial charge in [-0.05, 0) is 59.1 Å². The molecule has 6 aromatic carbocycles. The van der Waals surface area contributed by atoms with Crippen molar-refractivity contribution in [2.24, 2.45) is 0 Å². The number of esters is 1. The molecular formula is C68H79LiN6O12. The molecule has 454 valence electrons. The van der Waals surface area contributed by atoms with Gasteiger partial charge >= 0.3 is 43.0 Å². The van der Waals surface area contributed by atoms with Crippen LogP contribution in [0.25, 0.3) is 0 Å². The number of ether oxygens (including phenoxy) is 3. The smallest absolute Gasteiger partial charge is 0.870 e. The number of carboxylic acid groups (broad SMARTS) is 1. The van der Waals surface area contributed by atoms with E-state index in [0.29, 0.717) is 65.3 Å². The van der Waals surface area contributed by atoms with Gasteiger partial charge in [0, 0.05) is 77.3 Å². The SMILES string of the molecule is C.COC(=O)[C@@H]1C[C@H](N2CCC3(CCOC(=O)N3Cc3ccccc3)C2)CN1C(=O)C(c1ccccc1)c1ccccc1.O.O=C(O)[C@@H]1C[C@H](N2CCC3(CCOC(=O)N3Cc3ccccc3)C2)CN1C(=O)C(c1ccccc1)c1ccccc1.[Li+].[OH-]. The number of hydrogen-bond acceptors (Lipinski definition) is 12. The maximum atomic E-state index is 14.4. The first kappa shape index (κ1) is 66.7. The zero-order valence-corrected chi connectivity index (χ0v) is 48.9. The molecule has 6 aliphatic rings. The molecular weight excluding hydrogens is 1100 g/mol. The number of cyclic esters (lactones) is 2. The van der Waals surface area contributed by atoms with E-state index in [1.807, 2.05) is 192 Å². The minimum absolute atomic E-state index is 0. The van der Waals surface area contributed by atoms with Gasteiger partial charge in [0.25, 0.3) is 0 Å². The summed E-state index contributed by atoms with van der Waals surface area (Å²) in [4.78, 5) is 91.8. The van der Waals surface area contributed by atoms with Crippen molar-refractivity contribution in [2.75, 3.05) is 59.6 Å². The van der Waals surface area contributed by atoms with E-state index in [0.717, 1.165) is 72.2 Å². The van der Waals surface area contributed by atoms with Crippen LogP contribution in [0.1, 0.15) is 91.2 Å². The average molecular weight is 1180 g/mol. The summed E-state index contributed by atoms with van der Waals surface area (Å²) >= 11 is 0. The third-order valence-electron chi connectivity index (χ3n) is 18.2. The molecule has 18 nitrogen and oxygen atoms in total. The van der Waals surface area contributed by atoms with Gasteiger partial charge in [0.2, 0.25) is 11.8 Å². The Hall–Kier alpha value is -7.82. The van der Waals surface area contributed by atoms with E-state index in [4.69, 9.17) is 14.2 Å². The van der Waals surface area contributed by atoms with Gasteiger partial charge in [-0.25, -0.2) is 19.2 Å². The molecule has 6 saturated heterocycles. The molecule has 6 heterocycles. The Morgan fingerprint density at radius 2 is 0.851 bits per heavy atom. The molecule has 0 radical (unpaired) electrons. The number of carboxylic acids is 1. The molecule has 6 aliphatic heterocycles. The summed E-state index contributed by atoms with van der Waals surface area (Å²) in [5, 5.41) is 10.2. The molecule has 4 N–H and O–H groups in total. The van der Waals surface area contributed by atoms with Crippen molar-refractivity contribution in [3.05, 3.63) is 215 Å². The summed E-state index contributed by atoms with van der Waals surface area (Å²) in [5.74, 6) is -2.80. The number of nitrogens with zero attached hydrogens (tertiary/aromatic N) is 6. The fourth-order valence-corrected chi connectivity index (χ4v) is 13.8. The van der Waals surface area contributed by atoms with Gasteiger partial charge in [0.15, 0.2) is 0 Å². The second-order valence-corrected chi connectivity index (χ2v) is 22.9. The van der Waals surface area contributed by atoms with Gasteiger partial charge in [-0.3, -0.25) is 29.2 Å². The molecule has 0 saturated carbocycles. The molecule has 2 unspecified atom stereocenters. The molecule has 2 spiro atoms. The molecule has 19 heteroatoms. The van der Waals surface area contributed by atoms with Crippen LogP contribution in [-0.2, 0) is 46.5 Å². The van der Waals surface area contributed by atoms with Crippen molar-refractivity contribution in [1.82, 2.24) is 29.4 Å². The standard InChI is InChI=1S/C34H37N3O5.C33H35N3O5.CH4.Li.2H2O/c1-41-32(39)29-21-28(23-36(29)31(38)30(26-13-7-3-8-14-26)27-15-9-4-10-16-27)35-19-17-34(24-35)18-20-42-33(40)37(34)22-25-11-5-2-6-12-25;37-30(29(25-12-6-2-7-13-25)26-14-8-3-9-15-26)35-22-27(20-28(35)31(38)39)34-18-16-33(23-34)17-19-41-32(40)36(33)21-24-10-4-1-5-11-24;;;;/h2-16,28-30H,17-24H2,1H3;1-15,27-29H,16-23H2,(H,38,39);1H4;;2*1H2/q;;;+1;;/p-1/t28-,29-,34?;27-,28-,33?;;;;/m00..../s1. The molecule has 6 aromatic rings. The van der Waals surface area contributed by atoms with Gasteiger partial charge < -0.3 is 40.1 Å². The number of likely N-dealkylation sites (tertiary alicyclic amines) is 4. The van der Waals surface area contributed by atoms with Gasteiger partial charge in [0.05, 0.1) is 43.2 Å². The monoisotopic (exact) mass is 1180 g/mol. The van der Waals surface area contributed by atoms with Gasteiger partial charge in [-0.2, -0.15) is 0 Å². The number of carbonyl (C=O) groups excluding carboxylic acids is 5. The second-order valence-electron chi connectivity index (χ2n) is 22.9. The Bertz CT molecular complexity index is 3150. The fraction of sp³-hybridized carbons (Fsp3) is 0.382. The van der Waals surface area contributed by atoms with Crippen molar-refractivity contribution in [2.45, 2.75) is 106 Å². The van der Waals surface area contributed by atoms with Crippen molar-refractivity contribution in [1.29, 1.82) is 0 Å². The average Bonchev–Trinajstić information content (AvgIpc) is 1.77. The number of benzene rings is 6. The first-order chi connectivity index (χ1) is 40.4. The van der Waals surface area contributed by atoms with Crippen LogP contribution in [0.3, 0.4) is 0 Å². The molecule has 12 rings (SSSR count). The second kappa shape index (κ2) is 29.7. The van der Waals surface area contributed by atoms with Crippen LogP contribution in [0.4, 0.5) is 9.59 Å². The first-order valence-electron chi connectivity index (χ1n) is 29.0. The topological polar surface area (TPSA) is 231 Å². The first-order valence-corrected chi connectivity index (χ1v) is 29.0. The summed E-state index contributed by atoms with van der Waals surface area (Å²) in [5.41, 5.74) is 4.84. The predicted molar refractivity (Wildman–Crippen MR) is 323 cm³/mol. The van der Waals surface area contributed by atoms with Crippen LogP contribution in [-0.4, -0.2) is 176 Å². The summed E-state index contributed by atoms with van der Waals surface area (Å²) in [6.07, 6.45) is 3.35. The number of aliphatic carboxylic acids is 1. The van der Waals surface area contributed by atoms with Crippen molar-refractivity contribution in [3.63, 3.8) is 0 Å². The van der Waals surface area contributed by atoms with Crippen molar-refractivity contribution >= 4 is 35.9 Å². The molecule has 0 aromatic heterocycles. The van der Waals surface area contributed by atoms with E-state index >= 15 is 0 Å². The van der Waals surface area contributed by atoms with Crippen LogP contribution in [0.15, 0.2) is 182 Å². The third-order valence-corrected chi connectivity index (χ3v) is 18.2. The van der Waals surface area contributed by atoms with Crippen LogP contribution in [0.5, 0.6) is 0 Å².